The van der Waals surface area contributed by atoms with Gasteiger partial charge in [-0.1, -0.05) is 12.1 Å². The van der Waals surface area contributed by atoms with Crippen LogP contribution in [0, 0.1) is 13.8 Å². The van der Waals surface area contributed by atoms with Gasteiger partial charge in [0, 0.05) is 18.3 Å². The van der Waals surface area contributed by atoms with E-state index in [-0.39, 0.29) is 0 Å². The minimum absolute atomic E-state index is 0.681. The van der Waals surface area contributed by atoms with Gasteiger partial charge in [-0.3, -0.25) is 0 Å². The number of nitrogens with zero attached hydrogens (tertiary/aromatic N) is 2. The normalized spacial score (nSPS) is 10.0. The topological polar surface area (TPSA) is 49.8 Å². The molecule has 1 aromatic carbocycles. The molecule has 98 valence electrons. The lowest BCUT2D eigenvalue weighted by atomic mass is 10.1. The molecular weight excluding hydrogens is 236 g/mol. The summed E-state index contributed by atoms with van der Waals surface area (Å²) in [6.07, 6.45) is 3.33. The predicted octanol–water partition coefficient (Wildman–Crippen LogP) is 3.43. The van der Waals surface area contributed by atoms with E-state index in [2.05, 4.69) is 53.2 Å². The van der Waals surface area contributed by atoms with Crippen molar-refractivity contribution in [2.45, 2.75) is 13.8 Å². The number of benzene rings is 1. The van der Waals surface area contributed by atoms with Gasteiger partial charge in [-0.15, -0.1) is 6.58 Å². The monoisotopic (exact) mass is 254 g/mol. The van der Waals surface area contributed by atoms with E-state index in [9.17, 15) is 0 Å². The van der Waals surface area contributed by atoms with Gasteiger partial charge < -0.3 is 10.6 Å². The van der Waals surface area contributed by atoms with Crippen LogP contribution in [0.15, 0.2) is 43.2 Å². The fourth-order valence-electron chi connectivity index (χ4n) is 1.67. The van der Waals surface area contributed by atoms with Crippen molar-refractivity contribution in [3.8, 4) is 0 Å². The van der Waals surface area contributed by atoms with Crippen LogP contribution < -0.4 is 10.6 Å². The Morgan fingerprint density at radius 1 is 1.11 bits per heavy atom. The van der Waals surface area contributed by atoms with Gasteiger partial charge in [0.25, 0.3) is 0 Å². The van der Waals surface area contributed by atoms with Crippen molar-refractivity contribution in [2.24, 2.45) is 0 Å². The maximum atomic E-state index is 4.21. The largest absolute Gasteiger partial charge is 0.366 e. The molecule has 19 heavy (non-hydrogen) atoms. The quantitative estimate of drug-likeness (QED) is 0.802. The van der Waals surface area contributed by atoms with Crippen LogP contribution in [0.25, 0.3) is 0 Å². The second-order valence-corrected chi connectivity index (χ2v) is 4.38. The van der Waals surface area contributed by atoms with Crippen molar-refractivity contribution < 1.29 is 0 Å². The highest BCUT2D eigenvalue weighted by atomic mass is 15.1. The molecule has 1 aromatic heterocycles. The molecule has 2 rings (SSSR count). The highest BCUT2D eigenvalue weighted by Crippen LogP contribution is 2.19. The maximum absolute atomic E-state index is 4.21. The zero-order valence-corrected chi connectivity index (χ0v) is 11.3. The van der Waals surface area contributed by atoms with Gasteiger partial charge in [-0.25, -0.2) is 9.97 Å². The summed E-state index contributed by atoms with van der Waals surface area (Å²) in [5, 5.41) is 6.40. The number of hydrogen-bond acceptors (Lipinski definition) is 4. The van der Waals surface area contributed by atoms with E-state index < -0.39 is 0 Å². The number of aryl methyl sites for hydroxylation is 2. The molecule has 4 nitrogen and oxygen atoms in total. The summed E-state index contributed by atoms with van der Waals surface area (Å²) >= 11 is 0. The molecule has 0 aliphatic rings. The van der Waals surface area contributed by atoms with Crippen molar-refractivity contribution in [1.29, 1.82) is 0 Å². The Bertz CT molecular complexity index is 578. The van der Waals surface area contributed by atoms with E-state index in [1.54, 1.807) is 6.08 Å². The molecule has 2 aromatic rings. The highest BCUT2D eigenvalue weighted by molar-refractivity contribution is 5.60. The van der Waals surface area contributed by atoms with Crippen molar-refractivity contribution in [2.75, 3.05) is 17.2 Å². The van der Waals surface area contributed by atoms with E-state index in [0.717, 1.165) is 17.3 Å². The van der Waals surface area contributed by atoms with E-state index in [1.807, 2.05) is 12.1 Å². The number of hydrogen-bond donors (Lipinski definition) is 2. The third-order valence-electron chi connectivity index (χ3n) is 2.87. The zero-order valence-electron chi connectivity index (χ0n) is 11.3. The predicted molar refractivity (Wildman–Crippen MR) is 79.9 cm³/mol. The third-order valence-corrected chi connectivity index (χ3v) is 2.87. The Labute approximate surface area is 113 Å². The van der Waals surface area contributed by atoms with Crippen molar-refractivity contribution >= 4 is 17.3 Å². The molecule has 0 saturated carbocycles. The van der Waals surface area contributed by atoms with Crippen LogP contribution in [0.1, 0.15) is 11.1 Å². The first-order valence-corrected chi connectivity index (χ1v) is 6.20. The minimum atomic E-state index is 0.681. The molecule has 0 bridgehead atoms. The standard InChI is InChI=1S/C15H18N4/c1-4-7-16-14-9-15(18-10-17-14)19-13-6-5-11(2)12(3)8-13/h4-6,8-10H,1,7H2,2-3H3,(H2,16,17,18,19). The average molecular weight is 254 g/mol. The molecule has 0 saturated heterocycles. The Balaban J connectivity index is 2.13. The third kappa shape index (κ3) is 3.55. The summed E-state index contributed by atoms with van der Waals surface area (Å²) in [6, 6.07) is 8.12. The second-order valence-electron chi connectivity index (χ2n) is 4.38. The van der Waals surface area contributed by atoms with Crippen LogP contribution in [-0.2, 0) is 0 Å². The summed E-state index contributed by atoms with van der Waals surface area (Å²) in [6.45, 7) is 8.54. The Morgan fingerprint density at radius 2 is 1.89 bits per heavy atom. The summed E-state index contributed by atoms with van der Waals surface area (Å²) in [5.74, 6) is 1.55. The molecule has 0 unspecified atom stereocenters. The van der Waals surface area contributed by atoms with Gasteiger partial charge >= 0.3 is 0 Å². The number of anilines is 3. The molecule has 0 atom stereocenters. The molecular formula is C15H18N4. The molecule has 0 spiro atoms. The molecule has 2 N–H and O–H groups in total. The summed E-state index contributed by atoms with van der Waals surface area (Å²) < 4.78 is 0. The maximum Gasteiger partial charge on any atom is 0.135 e. The van der Waals surface area contributed by atoms with Gasteiger partial charge in [0.1, 0.15) is 18.0 Å². The molecule has 0 radical (unpaired) electrons. The van der Waals surface area contributed by atoms with Gasteiger partial charge in [-0.2, -0.15) is 0 Å². The molecule has 0 aliphatic carbocycles. The fourth-order valence-corrected chi connectivity index (χ4v) is 1.67. The lowest BCUT2D eigenvalue weighted by molar-refractivity contribution is 1.14. The Hall–Kier alpha value is -2.36. The van der Waals surface area contributed by atoms with Crippen LogP contribution in [0.4, 0.5) is 17.3 Å². The number of nitrogens with one attached hydrogen (secondary N) is 2. The molecule has 4 heteroatoms. The summed E-state index contributed by atoms with van der Waals surface area (Å²) in [5.41, 5.74) is 3.56. The van der Waals surface area contributed by atoms with Crippen LogP contribution >= 0.6 is 0 Å². The van der Waals surface area contributed by atoms with Gasteiger partial charge in [-0.05, 0) is 37.1 Å². The molecule has 1 heterocycles. The lowest BCUT2D eigenvalue weighted by Crippen LogP contribution is -2.02. The molecule has 0 fully saturated rings. The van der Waals surface area contributed by atoms with Crippen LogP contribution in [0.5, 0.6) is 0 Å². The van der Waals surface area contributed by atoms with Crippen molar-refractivity contribution in [3.63, 3.8) is 0 Å². The first kappa shape index (κ1) is 13.1. The van der Waals surface area contributed by atoms with Crippen LogP contribution in [0.3, 0.4) is 0 Å². The molecule has 0 amide bonds. The first-order valence-electron chi connectivity index (χ1n) is 6.20. The molecule has 0 aliphatic heterocycles. The summed E-state index contributed by atoms with van der Waals surface area (Å²) in [7, 11) is 0. The number of rotatable bonds is 5. The lowest BCUT2D eigenvalue weighted by Gasteiger charge is -2.09. The Morgan fingerprint density at radius 3 is 2.63 bits per heavy atom. The minimum Gasteiger partial charge on any atom is -0.366 e. The fraction of sp³-hybridized carbons (Fsp3) is 0.200. The van der Waals surface area contributed by atoms with Crippen LogP contribution in [-0.4, -0.2) is 16.5 Å². The average Bonchev–Trinajstić information content (AvgIpc) is 2.41. The van der Waals surface area contributed by atoms with Gasteiger partial charge in [0.15, 0.2) is 0 Å². The number of aromatic nitrogens is 2. The smallest absolute Gasteiger partial charge is 0.135 e. The highest BCUT2D eigenvalue weighted by Gasteiger charge is 2.00. The van der Waals surface area contributed by atoms with Gasteiger partial charge in [0.2, 0.25) is 0 Å². The van der Waals surface area contributed by atoms with Crippen LogP contribution in [0.2, 0.25) is 0 Å². The van der Waals surface area contributed by atoms with Gasteiger partial charge in [0.05, 0.1) is 0 Å². The summed E-state index contributed by atoms with van der Waals surface area (Å²) in [4.78, 5) is 8.35. The Kier molecular flexibility index (Phi) is 4.13. The first-order chi connectivity index (χ1) is 9.19. The second kappa shape index (κ2) is 6.00. The van der Waals surface area contributed by atoms with E-state index >= 15 is 0 Å². The zero-order chi connectivity index (χ0) is 13.7. The SMILES string of the molecule is C=CCNc1cc(Nc2ccc(C)c(C)c2)ncn1. The van der Waals surface area contributed by atoms with E-state index in [1.165, 1.54) is 17.5 Å². The van der Waals surface area contributed by atoms with Crippen molar-refractivity contribution in [3.05, 3.63) is 54.4 Å². The van der Waals surface area contributed by atoms with E-state index in [0.29, 0.717) is 6.54 Å². The van der Waals surface area contributed by atoms with E-state index in [4.69, 9.17) is 0 Å². The van der Waals surface area contributed by atoms with Crippen molar-refractivity contribution in [1.82, 2.24) is 9.97 Å².